The lowest BCUT2D eigenvalue weighted by Crippen LogP contribution is -3.11. The number of hydrogen-bond donors (Lipinski definition) is 4. The summed E-state index contributed by atoms with van der Waals surface area (Å²) in [6, 6.07) is 9.95. The predicted molar refractivity (Wildman–Crippen MR) is 111 cm³/mol. The number of carboxylic acid groups (broad SMARTS) is 2. The van der Waals surface area contributed by atoms with E-state index in [1.54, 1.807) is 4.90 Å². The Morgan fingerprint density at radius 1 is 1.10 bits per heavy atom. The summed E-state index contributed by atoms with van der Waals surface area (Å²) in [7, 11) is 0. The van der Waals surface area contributed by atoms with Crippen LogP contribution < -0.4 is 25.7 Å². The van der Waals surface area contributed by atoms with Crippen molar-refractivity contribution < 1.29 is 35.1 Å². The molecule has 0 heterocycles. The summed E-state index contributed by atoms with van der Waals surface area (Å²) >= 11 is 0. The average Bonchev–Trinajstić information content (AvgIpc) is 2.74. The second-order valence-electron chi connectivity index (χ2n) is 7.00. The third-order valence-electron chi connectivity index (χ3n) is 4.72. The van der Waals surface area contributed by atoms with Crippen LogP contribution in [0, 0.1) is 0 Å². The molecule has 0 aliphatic heterocycles. The molecule has 1 rings (SSSR count). The van der Waals surface area contributed by atoms with Gasteiger partial charge in [-0.3, -0.25) is 0 Å². The summed E-state index contributed by atoms with van der Waals surface area (Å²) in [6.45, 7) is 13.5. The predicted octanol–water partition coefficient (Wildman–Crippen LogP) is -3.38. The zero-order chi connectivity index (χ0) is 22.8. The van der Waals surface area contributed by atoms with E-state index in [0.29, 0.717) is 12.2 Å². The Morgan fingerprint density at radius 3 is 2.17 bits per heavy atom. The molecule has 1 aromatic rings. The summed E-state index contributed by atoms with van der Waals surface area (Å²) in [5.41, 5.74) is 0.980. The maximum atomic E-state index is 10.3. The van der Waals surface area contributed by atoms with E-state index in [1.165, 1.54) is 32.6 Å². The van der Waals surface area contributed by atoms with Crippen molar-refractivity contribution in [3.05, 3.63) is 48.0 Å². The van der Waals surface area contributed by atoms with Crippen molar-refractivity contribution in [3.63, 3.8) is 0 Å². The monoisotopic (exact) mass is 423 g/mol. The van der Waals surface area contributed by atoms with E-state index in [9.17, 15) is 24.9 Å². The minimum atomic E-state index is -1.55. The fourth-order valence-electron chi connectivity index (χ4n) is 2.84. The van der Waals surface area contributed by atoms with Crippen LogP contribution in [0.2, 0.25) is 0 Å². The van der Waals surface area contributed by atoms with Gasteiger partial charge < -0.3 is 40.4 Å². The molecule has 8 nitrogen and oxygen atoms in total. The normalized spacial score (nSPS) is 13.0. The zero-order valence-corrected chi connectivity index (χ0v) is 18.3. The summed E-state index contributed by atoms with van der Waals surface area (Å²) < 4.78 is 0. The first-order chi connectivity index (χ1) is 14.3. The standard InChI is InChI=1S/C18H33N3O.C4H4O4/c1-4-21(5-2)15-9-12-19-13-14-20-16(3)18(22)17-10-7-6-8-11-17;5-3(6)1-2-4(7)8/h6-8,10-11,16,18-20,22H,4-5,9,12-15H2,1-3H3;1-2H,(H,5,6)(H,7,8)/b;2-1+. The van der Waals surface area contributed by atoms with Crippen molar-refractivity contribution in [1.82, 2.24) is 5.32 Å². The van der Waals surface area contributed by atoms with E-state index in [-0.39, 0.29) is 6.04 Å². The van der Waals surface area contributed by atoms with E-state index in [1.807, 2.05) is 37.3 Å². The first kappa shape index (κ1) is 27.7. The Balaban J connectivity index is 0.000000890. The fourth-order valence-corrected chi connectivity index (χ4v) is 2.84. The van der Waals surface area contributed by atoms with Crippen molar-refractivity contribution in [1.29, 1.82) is 0 Å². The number of carbonyl (C=O) groups is 2. The number of aliphatic hydroxyl groups excluding tert-OH is 1. The largest absolute Gasteiger partial charge is 0.545 e. The van der Waals surface area contributed by atoms with Crippen LogP contribution >= 0.6 is 0 Å². The maximum Gasteiger partial charge on any atom is 0.0940 e. The van der Waals surface area contributed by atoms with Crippen LogP contribution in [0.4, 0.5) is 0 Å². The Kier molecular flexibility index (Phi) is 16.3. The van der Waals surface area contributed by atoms with Crippen LogP contribution in [0.1, 0.15) is 38.9 Å². The van der Waals surface area contributed by atoms with Gasteiger partial charge in [-0.2, -0.15) is 0 Å². The molecule has 0 aliphatic rings. The van der Waals surface area contributed by atoms with Crippen molar-refractivity contribution in [2.45, 2.75) is 39.3 Å². The Labute approximate surface area is 179 Å². The number of aliphatic hydroxyl groups is 1. The van der Waals surface area contributed by atoms with Gasteiger partial charge in [-0.25, -0.2) is 0 Å². The highest BCUT2D eigenvalue weighted by molar-refractivity contribution is 5.87. The van der Waals surface area contributed by atoms with Gasteiger partial charge in [0, 0.05) is 19.0 Å². The quantitative estimate of drug-likeness (QED) is 0.182. The molecule has 8 heteroatoms. The lowest BCUT2D eigenvalue weighted by Gasteiger charge is -2.20. The number of nitrogens with two attached hydrogens (primary N) is 1. The number of aliphatic carboxylic acids is 2. The molecule has 30 heavy (non-hydrogen) atoms. The third-order valence-corrected chi connectivity index (χ3v) is 4.72. The van der Waals surface area contributed by atoms with Crippen LogP contribution in [0.5, 0.6) is 0 Å². The highest BCUT2D eigenvalue weighted by atomic mass is 16.4. The molecule has 0 radical (unpaired) electrons. The number of carboxylic acids is 2. The lowest BCUT2D eigenvalue weighted by molar-refractivity contribution is -0.898. The molecule has 5 N–H and O–H groups in total. The fraction of sp³-hybridized carbons (Fsp3) is 0.545. The topological polar surface area (TPSA) is 134 Å². The van der Waals surface area contributed by atoms with Crippen LogP contribution in [0.15, 0.2) is 42.5 Å². The molecule has 2 atom stereocenters. The third kappa shape index (κ3) is 14.7. The SMILES string of the molecule is CC[NH+](CC)CCC[NH2+]CCNC(C)C(O)c1ccccc1.O=C([O-])/C=C/C(=O)[O-]. The van der Waals surface area contributed by atoms with Crippen molar-refractivity contribution in [3.8, 4) is 0 Å². The van der Waals surface area contributed by atoms with Crippen molar-refractivity contribution >= 4 is 11.9 Å². The minimum Gasteiger partial charge on any atom is -0.545 e. The van der Waals surface area contributed by atoms with Crippen molar-refractivity contribution in [2.24, 2.45) is 0 Å². The van der Waals surface area contributed by atoms with Gasteiger partial charge in [0.1, 0.15) is 0 Å². The maximum absolute atomic E-state index is 10.3. The summed E-state index contributed by atoms with van der Waals surface area (Å²) in [5, 5.41) is 34.9. The summed E-state index contributed by atoms with van der Waals surface area (Å²) in [5.74, 6) is -3.09. The number of rotatable bonds is 14. The molecule has 0 spiro atoms. The molecule has 1 aromatic carbocycles. The second-order valence-corrected chi connectivity index (χ2v) is 7.00. The molecule has 0 aliphatic carbocycles. The lowest BCUT2D eigenvalue weighted by atomic mass is 10.0. The van der Waals surface area contributed by atoms with Crippen LogP contribution in [-0.4, -0.2) is 62.4 Å². The van der Waals surface area contributed by atoms with Gasteiger partial charge in [0.05, 0.1) is 50.8 Å². The number of nitrogens with one attached hydrogen (secondary N) is 2. The molecule has 0 bridgehead atoms. The van der Waals surface area contributed by atoms with E-state index < -0.39 is 18.0 Å². The number of quaternary nitrogens is 2. The summed E-state index contributed by atoms with van der Waals surface area (Å²) in [6.07, 6.45) is 1.61. The van der Waals surface area contributed by atoms with E-state index in [4.69, 9.17) is 0 Å². The molecule has 2 unspecified atom stereocenters. The minimum absolute atomic E-state index is 0.0796. The van der Waals surface area contributed by atoms with Crippen LogP contribution in [0.3, 0.4) is 0 Å². The van der Waals surface area contributed by atoms with Gasteiger partial charge in [-0.05, 0) is 38.5 Å². The average molecular weight is 424 g/mol. The zero-order valence-electron chi connectivity index (χ0n) is 18.3. The second kappa shape index (κ2) is 17.6. The Morgan fingerprint density at radius 2 is 1.67 bits per heavy atom. The van der Waals surface area contributed by atoms with E-state index >= 15 is 0 Å². The highest BCUT2D eigenvalue weighted by Gasteiger charge is 2.15. The first-order valence-corrected chi connectivity index (χ1v) is 10.5. The molecule has 0 saturated carbocycles. The highest BCUT2D eigenvalue weighted by Crippen LogP contribution is 2.15. The number of benzene rings is 1. The van der Waals surface area contributed by atoms with Gasteiger partial charge in [0.25, 0.3) is 0 Å². The molecule has 0 amide bonds. The Bertz CT molecular complexity index is 590. The molecular weight excluding hydrogens is 386 g/mol. The van der Waals surface area contributed by atoms with E-state index in [0.717, 1.165) is 18.7 Å². The van der Waals surface area contributed by atoms with Gasteiger partial charge >= 0.3 is 0 Å². The van der Waals surface area contributed by atoms with Crippen LogP contribution in [0.25, 0.3) is 0 Å². The van der Waals surface area contributed by atoms with Crippen molar-refractivity contribution in [2.75, 3.05) is 39.3 Å². The first-order valence-electron chi connectivity index (χ1n) is 10.5. The smallest absolute Gasteiger partial charge is 0.0940 e. The molecule has 0 fully saturated rings. The molecule has 170 valence electrons. The van der Waals surface area contributed by atoms with Gasteiger partial charge in [-0.15, -0.1) is 0 Å². The molecule has 0 saturated heterocycles. The number of carbonyl (C=O) groups excluding carboxylic acids is 2. The van der Waals surface area contributed by atoms with Crippen LogP contribution in [-0.2, 0) is 9.59 Å². The van der Waals surface area contributed by atoms with Gasteiger partial charge in [0.15, 0.2) is 0 Å². The van der Waals surface area contributed by atoms with E-state index in [2.05, 4.69) is 24.5 Å². The van der Waals surface area contributed by atoms with Gasteiger partial charge in [-0.1, -0.05) is 30.3 Å². The van der Waals surface area contributed by atoms with Gasteiger partial charge in [0.2, 0.25) is 0 Å². The molecular formula is C22H37N3O5. The molecule has 0 aromatic heterocycles. The number of hydrogen-bond acceptors (Lipinski definition) is 6. The Hall–Kier alpha value is -2.26. The summed E-state index contributed by atoms with van der Waals surface area (Å²) in [4.78, 5) is 20.5.